The molecule has 0 unspecified atom stereocenters. The first-order chi connectivity index (χ1) is 15.2. The van der Waals surface area contributed by atoms with Crippen molar-refractivity contribution < 1.29 is 18.7 Å². The minimum atomic E-state index is -0.0981. The Hall–Kier alpha value is -2.86. The average Bonchev–Trinajstić information content (AvgIpc) is 3.12. The molecule has 2 amide bonds. The molecule has 1 aliphatic carbocycles. The third kappa shape index (κ3) is 5.44. The Morgan fingerprint density at radius 3 is 2.65 bits per heavy atom. The third-order valence-corrected chi connectivity index (χ3v) is 6.05. The standard InChI is InChI=1S/C25H30N2O4/c1-2-12-26(25(29)23-15-22(23)19-8-4-3-5-9-19)18-24(28)27(16-20-10-6-13-30-20)17-21-11-7-14-31-21/h2-6,8-10,13,21-23H,1,7,11-12,14-18H2/t21-,22+,23-/m1/s1. The van der Waals surface area contributed by atoms with E-state index in [-0.39, 0.29) is 36.3 Å². The van der Waals surface area contributed by atoms with Crippen molar-refractivity contribution in [1.29, 1.82) is 0 Å². The largest absolute Gasteiger partial charge is 0.467 e. The molecule has 2 fully saturated rings. The van der Waals surface area contributed by atoms with Crippen LogP contribution >= 0.6 is 0 Å². The summed E-state index contributed by atoms with van der Waals surface area (Å²) in [5.74, 6) is 0.824. The highest BCUT2D eigenvalue weighted by atomic mass is 16.5. The Bertz CT molecular complexity index is 874. The van der Waals surface area contributed by atoms with Gasteiger partial charge in [0.15, 0.2) is 0 Å². The Kier molecular flexibility index (Phi) is 6.87. The zero-order valence-corrected chi connectivity index (χ0v) is 17.8. The molecular weight excluding hydrogens is 392 g/mol. The number of rotatable bonds is 10. The summed E-state index contributed by atoms with van der Waals surface area (Å²) >= 11 is 0. The van der Waals surface area contributed by atoms with Crippen molar-refractivity contribution in [3.05, 3.63) is 72.7 Å². The summed E-state index contributed by atoms with van der Waals surface area (Å²) in [7, 11) is 0. The molecule has 31 heavy (non-hydrogen) atoms. The lowest BCUT2D eigenvalue weighted by Gasteiger charge is -2.28. The molecule has 3 atom stereocenters. The second kappa shape index (κ2) is 9.96. The molecule has 1 saturated heterocycles. The molecule has 164 valence electrons. The highest BCUT2D eigenvalue weighted by Gasteiger charge is 2.45. The molecule has 0 spiro atoms. The molecule has 1 saturated carbocycles. The number of ether oxygens (including phenoxy) is 1. The topological polar surface area (TPSA) is 63.0 Å². The molecule has 0 radical (unpaired) electrons. The van der Waals surface area contributed by atoms with Gasteiger partial charge < -0.3 is 19.0 Å². The lowest BCUT2D eigenvalue weighted by molar-refractivity contribution is -0.142. The van der Waals surface area contributed by atoms with Crippen LogP contribution in [0.3, 0.4) is 0 Å². The van der Waals surface area contributed by atoms with Gasteiger partial charge in [0, 0.05) is 25.6 Å². The van der Waals surface area contributed by atoms with Crippen LogP contribution in [-0.4, -0.2) is 54.0 Å². The molecule has 1 aromatic carbocycles. The molecule has 2 heterocycles. The van der Waals surface area contributed by atoms with E-state index in [0.717, 1.165) is 31.6 Å². The molecule has 2 aliphatic rings. The number of nitrogens with zero attached hydrogens (tertiary/aromatic N) is 2. The van der Waals surface area contributed by atoms with Crippen molar-refractivity contribution in [2.75, 3.05) is 26.2 Å². The summed E-state index contributed by atoms with van der Waals surface area (Å²) in [5.41, 5.74) is 1.18. The molecule has 2 aromatic rings. The first-order valence-electron chi connectivity index (χ1n) is 11.0. The zero-order valence-electron chi connectivity index (χ0n) is 17.8. The van der Waals surface area contributed by atoms with Crippen LogP contribution in [0.25, 0.3) is 0 Å². The maximum Gasteiger partial charge on any atom is 0.242 e. The molecule has 6 heteroatoms. The van der Waals surface area contributed by atoms with E-state index in [9.17, 15) is 9.59 Å². The van der Waals surface area contributed by atoms with Crippen LogP contribution in [0.1, 0.15) is 36.5 Å². The first-order valence-corrected chi connectivity index (χ1v) is 11.0. The van der Waals surface area contributed by atoms with Crippen molar-refractivity contribution in [3.63, 3.8) is 0 Å². The van der Waals surface area contributed by atoms with E-state index in [1.807, 2.05) is 30.3 Å². The van der Waals surface area contributed by atoms with Gasteiger partial charge in [0.1, 0.15) is 12.3 Å². The fraction of sp³-hybridized carbons (Fsp3) is 0.440. The van der Waals surface area contributed by atoms with Crippen molar-refractivity contribution in [1.82, 2.24) is 9.80 Å². The molecule has 6 nitrogen and oxygen atoms in total. The summed E-state index contributed by atoms with van der Waals surface area (Å²) in [5, 5.41) is 0. The summed E-state index contributed by atoms with van der Waals surface area (Å²) in [6.07, 6.45) is 6.11. The second-order valence-corrected chi connectivity index (χ2v) is 8.36. The van der Waals surface area contributed by atoms with E-state index in [0.29, 0.717) is 19.6 Å². The van der Waals surface area contributed by atoms with Gasteiger partial charge in [-0.3, -0.25) is 9.59 Å². The van der Waals surface area contributed by atoms with E-state index in [1.165, 1.54) is 5.56 Å². The summed E-state index contributed by atoms with van der Waals surface area (Å²) in [6, 6.07) is 13.8. The third-order valence-electron chi connectivity index (χ3n) is 6.05. The Labute approximate surface area is 183 Å². The number of carbonyl (C=O) groups excluding carboxylic acids is 2. The molecule has 4 rings (SSSR count). The maximum absolute atomic E-state index is 13.2. The predicted molar refractivity (Wildman–Crippen MR) is 117 cm³/mol. The Balaban J connectivity index is 1.41. The highest BCUT2D eigenvalue weighted by Crippen LogP contribution is 2.48. The quantitative estimate of drug-likeness (QED) is 0.549. The minimum Gasteiger partial charge on any atom is -0.467 e. The molecule has 0 bridgehead atoms. The van der Waals surface area contributed by atoms with Crippen LogP contribution in [0.5, 0.6) is 0 Å². The lowest BCUT2D eigenvalue weighted by Crippen LogP contribution is -2.45. The van der Waals surface area contributed by atoms with Gasteiger partial charge in [-0.05, 0) is 42.9 Å². The Morgan fingerprint density at radius 1 is 1.13 bits per heavy atom. The van der Waals surface area contributed by atoms with Gasteiger partial charge in [-0.25, -0.2) is 0 Å². The Morgan fingerprint density at radius 2 is 1.97 bits per heavy atom. The van der Waals surface area contributed by atoms with Gasteiger partial charge in [0.05, 0.1) is 18.9 Å². The van der Waals surface area contributed by atoms with E-state index in [4.69, 9.17) is 9.15 Å². The number of hydrogen-bond acceptors (Lipinski definition) is 4. The summed E-state index contributed by atoms with van der Waals surface area (Å²) < 4.78 is 11.2. The van der Waals surface area contributed by atoms with E-state index in [1.54, 1.807) is 22.1 Å². The second-order valence-electron chi connectivity index (χ2n) is 8.36. The minimum absolute atomic E-state index is 0.0252. The van der Waals surface area contributed by atoms with E-state index >= 15 is 0 Å². The number of carbonyl (C=O) groups is 2. The number of hydrogen-bond donors (Lipinski definition) is 0. The average molecular weight is 423 g/mol. The van der Waals surface area contributed by atoms with Crippen LogP contribution in [0.2, 0.25) is 0 Å². The van der Waals surface area contributed by atoms with Crippen LogP contribution in [0.4, 0.5) is 0 Å². The number of benzene rings is 1. The van der Waals surface area contributed by atoms with Gasteiger partial charge in [0.25, 0.3) is 0 Å². The predicted octanol–water partition coefficient (Wildman–Crippen LogP) is 3.61. The number of amides is 2. The van der Waals surface area contributed by atoms with E-state index < -0.39 is 0 Å². The zero-order chi connectivity index (χ0) is 21.6. The SMILES string of the molecule is C=CCN(CC(=O)N(Cc1ccco1)C[C@H]1CCCO1)C(=O)[C@@H]1C[C@H]1c1ccccc1. The molecule has 1 aromatic heterocycles. The van der Waals surface area contributed by atoms with Gasteiger partial charge in [-0.2, -0.15) is 0 Å². The molecule has 0 N–H and O–H groups in total. The fourth-order valence-corrected chi connectivity index (χ4v) is 4.30. The fourth-order valence-electron chi connectivity index (χ4n) is 4.30. The van der Waals surface area contributed by atoms with Crippen LogP contribution in [0.15, 0.2) is 65.8 Å². The normalized spacial score (nSPS) is 22.1. The van der Waals surface area contributed by atoms with Gasteiger partial charge in [-0.15, -0.1) is 6.58 Å². The van der Waals surface area contributed by atoms with Gasteiger partial charge in [0.2, 0.25) is 11.8 Å². The van der Waals surface area contributed by atoms with Crippen molar-refractivity contribution in [2.24, 2.45) is 5.92 Å². The molecule has 1 aliphatic heterocycles. The van der Waals surface area contributed by atoms with Gasteiger partial charge in [-0.1, -0.05) is 36.4 Å². The summed E-state index contributed by atoms with van der Waals surface area (Å²) in [4.78, 5) is 29.8. The highest BCUT2D eigenvalue weighted by molar-refractivity contribution is 5.88. The van der Waals surface area contributed by atoms with Crippen molar-refractivity contribution in [3.8, 4) is 0 Å². The number of furan rings is 1. The maximum atomic E-state index is 13.2. The lowest BCUT2D eigenvalue weighted by atomic mass is 10.1. The van der Waals surface area contributed by atoms with E-state index in [2.05, 4.69) is 18.7 Å². The van der Waals surface area contributed by atoms with Crippen molar-refractivity contribution >= 4 is 11.8 Å². The monoisotopic (exact) mass is 422 g/mol. The van der Waals surface area contributed by atoms with Crippen LogP contribution in [-0.2, 0) is 20.9 Å². The molecular formula is C25H30N2O4. The van der Waals surface area contributed by atoms with Crippen LogP contribution < -0.4 is 0 Å². The smallest absolute Gasteiger partial charge is 0.242 e. The summed E-state index contributed by atoms with van der Waals surface area (Å²) in [6.45, 7) is 5.79. The van der Waals surface area contributed by atoms with Crippen LogP contribution in [0, 0.1) is 5.92 Å². The van der Waals surface area contributed by atoms with Crippen molar-refractivity contribution in [2.45, 2.75) is 37.8 Å². The van der Waals surface area contributed by atoms with Gasteiger partial charge >= 0.3 is 0 Å². The first kappa shape index (κ1) is 21.4.